The summed E-state index contributed by atoms with van der Waals surface area (Å²) in [7, 11) is 3.76. The normalized spacial score (nSPS) is 13.5. The monoisotopic (exact) mass is 188 g/mol. The van der Waals surface area contributed by atoms with Crippen LogP contribution in [0.25, 0.3) is 0 Å². The van der Waals surface area contributed by atoms with E-state index in [0.29, 0.717) is 11.0 Å². The topological polar surface area (TPSA) is 46.5 Å². The predicted octanol–water partition coefficient (Wildman–Crippen LogP) is 0.130. The Morgan fingerprint density at radius 1 is 1.69 bits per heavy atom. The minimum absolute atomic E-state index is 0.246. The van der Waals surface area contributed by atoms with Gasteiger partial charge in [-0.15, -0.1) is 0 Å². The van der Waals surface area contributed by atoms with E-state index in [1.165, 1.54) is 0 Å². The molecule has 0 aromatic rings. The van der Waals surface area contributed by atoms with Gasteiger partial charge in [0.25, 0.3) is 0 Å². The Labute approximate surface area is 79.0 Å². The van der Waals surface area contributed by atoms with Gasteiger partial charge in [-0.2, -0.15) is 0 Å². The molecule has 0 saturated carbocycles. The first-order valence-electron chi connectivity index (χ1n) is 4.16. The van der Waals surface area contributed by atoms with Gasteiger partial charge in [0.1, 0.15) is 12.6 Å². The first kappa shape index (κ1) is 12.1. The van der Waals surface area contributed by atoms with Crippen molar-refractivity contribution in [3.63, 3.8) is 0 Å². The minimum Gasteiger partial charge on any atom is -0.412 e. The van der Waals surface area contributed by atoms with Crippen molar-refractivity contribution < 1.29 is 19.1 Å². The fourth-order valence-corrected chi connectivity index (χ4v) is 1.07. The lowest BCUT2D eigenvalue weighted by molar-refractivity contribution is -0.909. The summed E-state index contributed by atoms with van der Waals surface area (Å²) < 4.78 is 5.30. The molecule has 4 nitrogen and oxygen atoms in total. The molecule has 0 aliphatic carbocycles. The standard InChI is InChI=1S/C9H18NO3/c1-5-9(12)13-7-10(3,4)6-8(2)11/h5,8,11H,1,6-7H2,2-4H3/q+1. The first-order valence-corrected chi connectivity index (χ1v) is 4.16. The molecule has 1 atom stereocenters. The Morgan fingerprint density at radius 3 is 2.62 bits per heavy atom. The molecule has 1 N–H and O–H groups in total. The third kappa shape index (κ3) is 6.31. The highest BCUT2D eigenvalue weighted by Crippen LogP contribution is 2.00. The van der Waals surface area contributed by atoms with Crippen LogP contribution in [0.1, 0.15) is 6.92 Å². The summed E-state index contributed by atoms with van der Waals surface area (Å²) in [6.07, 6.45) is 0.722. The van der Waals surface area contributed by atoms with E-state index in [2.05, 4.69) is 6.58 Å². The van der Waals surface area contributed by atoms with Gasteiger partial charge in [-0.25, -0.2) is 4.79 Å². The largest absolute Gasteiger partial charge is 0.412 e. The second-order valence-corrected chi connectivity index (χ2v) is 3.76. The molecule has 1 unspecified atom stereocenters. The summed E-state index contributed by atoms with van der Waals surface area (Å²) >= 11 is 0. The Kier molecular flexibility index (Phi) is 4.66. The number of esters is 1. The van der Waals surface area contributed by atoms with E-state index in [9.17, 15) is 4.79 Å². The Balaban J connectivity index is 3.88. The molecule has 0 saturated heterocycles. The maximum absolute atomic E-state index is 10.7. The third-order valence-electron chi connectivity index (χ3n) is 1.48. The number of aliphatic hydroxyl groups excluding tert-OH is 1. The van der Waals surface area contributed by atoms with Gasteiger partial charge < -0.3 is 9.84 Å². The van der Waals surface area contributed by atoms with Gasteiger partial charge in [-0.3, -0.25) is 4.48 Å². The molecule has 4 heteroatoms. The average molecular weight is 188 g/mol. The number of quaternary nitrogens is 1. The van der Waals surface area contributed by atoms with Gasteiger partial charge in [-0.1, -0.05) is 6.58 Å². The van der Waals surface area contributed by atoms with Crippen LogP contribution in [-0.4, -0.2) is 49.0 Å². The summed E-state index contributed by atoms with van der Waals surface area (Å²) in [4.78, 5) is 10.7. The van der Waals surface area contributed by atoms with Crippen LogP contribution in [0.5, 0.6) is 0 Å². The van der Waals surface area contributed by atoms with Gasteiger partial charge in [0, 0.05) is 6.08 Å². The Morgan fingerprint density at radius 2 is 2.23 bits per heavy atom. The lowest BCUT2D eigenvalue weighted by atomic mass is 10.3. The lowest BCUT2D eigenvalue weighted by Crippen LogP contribution is -2.46. The van der Waals surface area contributed by atoms with Crippen molar-refractivity contribution in [1.29, 1.82) is 0 Å². The number of carbonyl (C=O) groups excluding carboxylic acids is 1. The van der Waals surface area contributed by atoms with E-state index < -0.39 is 12.1 Å². The van der Waals surface area contributed by atoms with Crippen molar-refractivity contribution in [1.82, 2.24) is 0 Å². The molecule has 0 rings (SSSR count). The fraction of sp³-hybridized carbons (Fsp3) is 0.667. The number of ether oxygens (including phenoxy) is 1. The molecule has 0 spiro atoms. The van der Waals surface area contributed by atoms with Crippen LogP contribution < -0.4 is 0 Å². The van der Waals surface area contributed by atoms with Crippen LogP contribution in [0.15, 0.2) is 12.7 Å². The number of likely N-dealkylation sites (N-methyl/N-ethyl adjacent to an activating group) is 1. The maximum Gasteiger partial charge on any atom is 0.334 e. The van der Waals surface area contributed by atoms with E-state index in [4.69, 9.17) is 9.84 Å². The summed E-state index contributed by atoms with van der Waals surface area (Å²) in [6, 6.07) is 0. The number of hydrogen-bond acceptors (Lipinski definition) is 3. The molecular formula is C9H18NO3+. The molecule has 0 aliphatic rings. The quantitative estimate of drug-likeness (QED) is 0.289. The second-order valence-electron chi connectivity index (χ2n) is 3.76. The molecular weight excluding hydrogens is 170 g/mol. The summed E-state index contributed by atoms with van der Waals surface area (Å²) in [5.41, 5.74) is 0. The highest BCUT2D eigenvalue weighted by molar-refractivity contribution is 5.81. The van der Waals surface area contributed by atoms with Crippen LogP contribution in [0, 0.1) is 0 Å². The highest BCUT2D eigenvalue weighted by Gasteiger charge is 2.19. The number of rotatable bonds is 5. The molecule has 0 bridgehead atoms. The van der Waals surface area contributed by atoms with Crippen molar-refractivity contribution in [2.45, 2.75) is 13.0 Å². The van der Waals surface area contributed by atoms with Crippen LogP contribution >= 0.6 is 0 Å². The summed E-state index contributed by atoms with van der Waals surface area (Å²) in [6.45, 7) is 5.79. The zero-order chi connectivity index (χ0) is 10.5. The van der Waals surface area contributed by atoms with E-state index in [-0.39, 0.29) is 6.73 Å². The van der Waals surface area contributed by atoms with Crippen LogP contribution in [0.3, 0.4) is 0 Å². The fourth-order valence-electron chi connectivity index (χ4n) is 1.07. The molecule has 76 valence electrons. The molecule has 0 aromatic carbocycles. The van der Waals surface area contributed by atoms with Crippen molar-refractivity contribution >= 4 is 5.97 Å². The van der Waals surface area contributed by atoms with Gasteiger partial charge in [-0.05, 0) is 6.92 Å². The Hall–Kier alpha value is -0.870. The van der Waals surface area contributed by atoms with Crippen molar-refractivity contribution in [2.75, 3.05) is 27.4 Å². The number of nitrogens with zero attached hydrogens (tertiary/aromatic N) is 1. The second kappa shape index (κ2) is 4.99. The molecule has 0 aliphatic heterocycles. The highest BCUT2D eigenvalue weighted by atomic mass is 16.5. The van der Waals surface area contributed by atoms with Crippen LogP contribution in [0.2, 0.25) is 0 Å². The lowest BCUT2D eigenvalue weighted by Gasteiger charge is -2.29. The van der Waals surface area contributed by atoms with E-state index in [0.717, 1.165) is 6.08 Å². The smallest absolute Gasteiger partial charge is 0.334 e. The van der Waals surface area contributed by atoms with E-state index in [1.807, 2.05) is 14.1 Å². The van der Waals surface area contributed by atoms with Crippen molar-refractivity contribution in [3.8, 4) is 0 Å². The molecule has 0 radical (unpaired) electrons. The third-order valence-corrected chi connectivity index (χ3v) is 1.48. The van der Waals surface area contributed by atoms with Crippen LogP contribution in [0.4, 0.5) is 0 Å². The molecule has 0 heterocycles. The number of aliphatic hydroxyl groups is 1. The van der Waals surface area contributed by atoms with Gasteiger partial charge in [0.05, 0.1) is 14.1 Å². The predicted molar refractivity (Wildman–Crippen MR) is 49.8 cm³/mol. The zero-order valence-corrected chi connectivity index (χ0v) is 8.49. The summed E-state index contributed by atoms with van der Waals surface area (Å²) in [5.74, 6) is -0.434. The SMILES string of the molecule is C=CC(=O)OC[N+](C)(C)CC(C)O. The van der Waals surface area contributed by atoms with Crippen LogP contribution in [-0.2, 0) is 9.53 Å². The molecule has 0 amide bonds. The van der Waals surface area contributed by atoms with Crippen molar-refractivity contribution in [2.24, 2.45) is 0 Å². The van der Waals surface area contributed by atoms with Gasteiger partial charge in [0.15, 0.2) is 0 Å². The zero-order valence-electron chi connectivity index (χ0n) is 8.49. The van der Waals surface area contributed by atoms with E-state index in [1.54, 1.807) is 6.92 Å². The molecule has 13 heavy (non-hydrogen) atoms. The van der Waals surface area contributed by atoms with Gasteiger partial charge >= 0.3 is 5.97 Å². The number of carbonyl (C=O) groups is 1. The minimum atomic E-state index is -0.434. The van der Waals surface area contributed by atoms with Crippen molar-refractivity contribution in [3.05, 3.63) is 12.7 Å². The molecule has 0 aromatic heterocycles. The number of hydrogen-bond donors (Lipinski definition) is 1. The summed E-state index contributed by atoms with van der Waals surface area (Å²) in [5, 5.41) is 9.13. The van der Waals surface area contributed by atoms with Gasteiger partial charge in [0.2, 0.25) is 6.73 Å². The van der Waals surface area contributed by atoms with E-state index >= 15 is 0 Å². The maximum atomic E-state index is 10.7. The Bertz CT molecular complexity index is 187. The first-order chi connectivity index (χ1) is 5.87. The molecule has 0 fully saturated rings. The average Bonchev–Trinajstić information content (AvgIpc) is 1.98.